The molecule has 1 amide bonds. The molecule has 2 aliphatic rings. The van der Waals surface area contributed by atoms with Gasteiger partial charge in [0.1, 0.15) is 6.04 Å². The van der Waals surface area contributed by atoms with E-state index in [4.69, 9.17) is 4.74 Å². The standard InChI is InChI=1S/C12H23N3O2/c1-12(2-4-13-5-3-12)9-15-11(16)10-8-17-7-6-14-10/h10,13-14H,2-9H2,1H3,(H,15,16). The van der Waals surface area contributed by atoms with E-state index in [1.165, 1.54) is 0 Å². The number of hydrogen-bond acceptors (Lipinski definition) is 4. The van der Waals surface area contributed by atoms with E-state index in [0.717, 1.165) is 39.0 Å². The summed E-state index contributed by atoms with van der Waals surface area (Å²) in [5.74, 6) is 0.0736. The van der Waals surface area contributed by atoms with Crippen molar-refractivity contribution in [1.29, 1.82) is 0 Å². The van der Waals surface area contributed by atoms with Gasteiger partial charge in [-0.05, 0) is 31.3 Å². The summed E-state index contributed by atoms with van der Waals surface area (Å²) in [6, 6.07) is -0.172. The second kappa shape index (κ2) is 5.80. The van der Waals surface area contributed by atoms with Gasteiger partial charge in [0.05, 0.1) is 13.2 Å². The van der Waals surface area contributed by atoms with Crippen LogP contribution in [0.3, 0.4) is 0 Å². The number of rotatable bonds is 3. The predicted molar refractivity (Wildman–Crippen MR) is 65.8 cm³/mol. The highest BCUT2D eigenvalue weighted by Crippen LogP contribution is 2.26. The van der Waals surface area contributed by atoms with Crippen LogP contribution in [0.2, 0.25) is 0 Å². The lowest BCUT2D eigenvalue weighted by Crippen LogP contribution is -2.53. The Labute approximate surface area is 103 Å². The molecule has 2 heterocycles. The van der Waals surface area contributed by atoms with Crippen molar-refractivity contribution >= 4 is 5.91 Å². The van der Waals surface area contributed by atoms with Gasteiger partial charge in [-0.25, -0.2) is 0 Å². The Kier molecular flexibility index (Phi) is 4.36. The Bertz CT molecular complexity index is 258. The summed E-state index contributed by atoms with van der Waals surface area (Å²) in [5, 5.41) is 9.57. The summed E-state index contributed by atoms with van der Waals surface area (Å²) in [6.07, 6.45) is 2.25. The van der Waals surface area contributed by atoms with Gasteiger partial charge in [0, 0.05) is 13.1 Å². The topological polar surface area (TPSA) is 62.4 Å². The van der Waals surface area contributed by atoms with Crippen molar-refractivity contribution in [3.63, 3.8) is 0 Å². The van der Waals surface area contributed by atoms with Gasteiger partial charge in [-0.1, -0.05) is 6.92 Å². The Hall–Kier alpha value is -0.650. The summed E-state index contributed by atoms with van der Waals surface area (Å²) >= 11 is 0. The zero-order valence-electron chi connectivity index (χ0n) is 10.6. The van der Waals surface area contributed by atoms with Crippen LogP contribution in [0.15, 0.2) is 0 Å². The minimum atomic E-state index is -0.172. The maximum Gasteiger partial charge on any atom is 0.239 e. The number of amides is 1. The number of morpholine rings is 1. The number of carbonyl (C=O) groups is 1. The van der Waals surface area contributed by atoms with E-state index in [-0.39, 0.29) is 17.4 Å². The van der Waals surface area contributed by atoms with Crippen LogP contribution in [0, 0.1) is 5.41 Å². The van der Waals surface area contributed by atoms with E-state index in [1.54, 1.807) is 0 Å². The molecule has 3 N–H and O–H groups in total. The number of hydrogen-bond donors (Lipinski definition) is 3. The van der Waals surface area contributed by atoms with Crippen molar-refractivity contribution in [2.24, 2.45) is 5.41 Å². The fourth-order valence-electron chi connectivity index (χ4n) is 2.36. The summed E-state index contributed by atoms with van der Waals surface area (Å²) in [7, 11) is 0. The normalized spacial score (nSPS) is 28.6. The molecular weight excluding hydrogens is 218 g/mol. The highest BCUT2D eigenvalue weighted by molar-refractivity contribution is 5.82. The highest BCUT2D eigenvalue weighted by atomic mass is 16.5. The number of carbonyl (C=O) groups excluding carboxylic acids is 1. The van der Waals surface area contributed by atoms with Gasteiger partial charge in [0.15, 0.2) is 0 Å². The molecule has 0 aromatic heterocycles. The van der Waals surface area contributed by atoms with Crippen LogP contribution < -0.4 is 16.0 Å². The van der Waals surface area contributed by atoms with Crippen molar-refractivity contribution in [3.05, 3.63) is 0 Å². The molecule has 0 aliphatic carbocycles. The molecule has 0 bridgehead atoms. The van der Waals surface area contributed by atoms with E-state index in [0.29, 0.717) is 13.2 Å². The van der Waals surface area contributed by atoms with E-state index in [9.17, 15) is 4.79 Å². The smallest absolute Gasteiger partial charge is 0.239 e. The van der Waals surface area contributed by atoms with Gasteiger partial charge in [-0.2, -0.15) is 0 Å². The molecule has 0 radical (unpaired) electrons. The van der Waals surface area contributed by atoms with E-state index < -0.39 is 0 Å². The number of ether oxygens (including phenoxy) is 1. The summed E-state index contributed by atoms with van der Waals surface area (Å²) in [5.41, 5.74) is 0.246. The monoisotopic (exact) mass is 241 g/mol. The molecule has 2 saturated heterocycles. The van der Waals surface area contributed by atoms with Crippen LogP contribution >= 0.6 is 0 Å². The molecule has 1 atom stereocenters. The fourth-order valence-corrected chi connectivity index (χ4v) is 2.36. The first-order valence-electron chi connectivity index (χ1n) is 6.49. The average Bonchev–Trinajstić information content (AvgIpc) is 2.38. The molecule has 1 unspecified atom stereocenters. The lowest BCUT2D eigenvalue weighted by molar-refractivity contribution is -0.126. The molecule has 98 valence electrons. The molecule has 2 rings (SSSR count). The van der Waals surface area contributed by atoms with Crippen LogP contribution in [-0.2, 0) is 9.53 Å². The lowest BCUT2D eigenvalue weighted by Gasteiger charge is -2.34. The van der Waals surface area contributed by atoms with Gasteiger partial charge < -0.3 is 20.7 Å². The largest absolute Gasteiger partial charge is 0.378 e. The van der Waals surface area contributed by atoms with Crippen molar-refractivity contribution in [2.75, 3.05) is 39.4 Å². The third-order valence-electron chi connectivity index (χ3n) is 3.74. The first-order chi connectivity index (χ1) is 8.20. The highest BCUT2D eigenvalue weighted by Gasteiger charge is 2.28. The van der Waals surface area contributed by atoms with E-state index in [2.05, 4.69) is 22.9 Å². The van der Waals surface area contributed by atoms with Crippen LogP contribution in [0.5, 0.6) is 0 Å². The van der Waals surface area contributed by atoms with Crippen molar-refractivity contribution in [2.45, 2.75) is 25.8 Å². The molecule has 0 aromatic rings. The molecule has 0 spiro atoms. The molecule has 17 heavy (non-hydrogen) atoms. The quantitative estimate of drug-likeness (QED) is 0.622. The first-order valence-corrected chi connectivity index (χ1v) is 6.49. The van der Waals surface area contributed by atoms with E-state index >= 15 is 0 Å². The zero-order chi connectivity index (χ0) is 12.1. The molecule has 0 saturated carbocycles. The Balaban J connectivity index is 1.74. The summed E-state index contributed by atoms with van der Waals surface area (Å²) in [4.78, 5) is 11.9. The third-order valence-corrected chi connectivity index (χ3v) is 3.74. The van der Waals surface area contributed by atoms with Gasteiger partial charge in [-0.15, -0.1) is 0 Å². The molecule has 0 aromatic carbocycles. The minimum Gasteiger partial charge on any atom is -0.378 e. The van der Waals surface area contributed by atoms with Crippen LogP contribution in [0.4, 0.5) is 0 Å². The molecule has 2 fully saturated rings. The third kappa shape index (κ3) is 3.66. The molecule has 5 nitrogen and oxygen atoms in total. The summed E-state index contributed by atoms with van der Waals surface area (Å²) in [6.45, 7) is 7.08. The van der Waals surface area contributed by atoms with E-state index in [1.807, 2.05) is 0 Å². The van der Waals surface area contributed by atoms with Gasteiger partial charge in [0.2, 0.25) is 5.91 Å². The summed E-state index contributed by atoms with van der Waals surface area (Å²) < 4.78 is 5.29. The Morgan fingerprint density at radius 3 is 2.82 bits per heavy atom. The first kappa shape index (κ1) is 12.8. The maximum atomic E-state index is 11.9. The van der Waals surface area contributed by atoms with Crippen LogP contribution in [0.1, 0.15) is 19.8 Å². The van der Waals surface area contributed by atoms with Gasteiger partial charge in [0.25, 0.3) is 0 Å². The lowest BCUT2D eigenvalue weighted by atomic mass is 9.81. The second-order valence-electron chi connectivity index (χ2n) is 5.36. The molecule has 2 aliphatic heterocycles. The van der Waals surface area contributed by atoms with Crippen molar-refractivity contribution in [1.82, 2.24) is 16.0 Å². The SMILES string of the molecule is CC1(CNC(=O)C2COCCN2)CCNCC1. The van der Waals surface area contributed by atoms with Crippen molar-refractivity contribution < 1.29 is 9.53 Å². The molecule has 5 heteroatoms. The second-order valence-corrected chi connectivity index (χ2v) is 5.36. The predicted octanol–water partition coefficient (Wildman–Crippen LogP) is -0.519. The molecular formula is C12H23N3O2. The van der Waals surface area contributed by atoms with Crippen LogP contribution in [0.25, 0.3) is 0 Å². The number of piperidine rings is 1. The average molecular weight is 241 g/mol. The van der Waals surface area contributed by atoms with Crippen molar-refractivity contribution in [3.8, 4) is 0 Å². The zero-order valence-corrected chi connectivity index (χ0v) is 10.6. The van der Waals surface area contributed by atoms with Gasteiger partial charge in [-0.3, -0.25) is 4.79 Å². The maximum absolute atomic E-state index is 11.9. The van der Waals surface area contributed by atoms with Crippen LogP contribution in [-0.4, -0.2) is 51.3 Å². The van der Waals surface area contributed by atoms with Gasteiger partial charge >= 0.3 is 0 Å². The Morgan fingerprint density at radius 2 is 2.18 bits per heavy atom. The minimum absolute atomic E-state index is 0.0736. The fraction of sp³-hybridized carbons (Fsp3) is 0.917. The Morgan fingerprint density at radius 1 is 1.41 bits per heavy atom. The number of nitrogens with one attached hydrogen (secondary N) is 3.